The first-order chi connectivity index (χ1) is 9.29. The second kappa shape index (κ2) is 4.81. The highest BCUT2D eigenvalue weighted by Gasteiger charge is 2.20. The summed E-state index contributed by atoms with van der Waals surface area (Å²) in [6.07, 6.45) is 0. The first-order valence-electron chi connectivity index (χ1n) is 6.17. The van der Waals surface area contributed by atoms with Crippen LogP contribution in [0.25, 0.3) is 11.4 Å². The Morgan fingerprint density at radius 3 is 2.74 bits per heavy atom. The summed E-state index contributed by atoms with van der Waals surface area (Å²) < 4.78 is 5.07. The molecular weight excluding hydrogens is 242 g/mol. The maximum absolute atomic E-state index is 5.50. The van der Waals surface area contributed by atoms with Crippen LogP contribution >= 0.6 is 0 Å². The molecule has 98 valence electrons. The van der Waals surface area contributed by atoms with E-state index in [1.165, 1.54) is 0 Å². The van der Waals surface area contributed by atoms with E-state index in [1.54, 1.807) is 0 Å². The van der Waals surface area contributed by atoms with Crippen LogP contribution in [0.3, 0.4) is 0 Å². The maximum atomic E-state index is 5.50. The Bertz CT molecular complexity index is 619. The first kappa shape index (κ1) is 11.9. The van der Waals surface area contributed by atoms with Crippen LogP contribution in [0, 0.1) is 0 Å². The van der Waals surface area contributed by atoms with Gasteiger partial charge in [-0.3, -0.25) is 4.99 Å². The normalized spacial score (nSPS) is 14.8. The van der Waals surface area contributed by atoms with Gasteiger partial charge in [0.15, 0.2) is 0 Å². The fourth-order valence-electron chi connectivity index (χ4n) is 2.14. The Kier molecular flexibility index (Phi) is 3.00. The van der Waals surface area contributed by atoms with Crippen LogP contribution in [-0.4, -0.2) is 41.0 Å². The minimum Gasteiger partial charge on any atom is -0.358 e. The van der Waals surface area contributed by atoms with E-state index in [2.05, 4.69) is 20.0 Å². The van der Waals surface area contributed by atoms with E-state index in [0.29, 0.717) is 11.7 Å². The fourth-order valence-corrected chi connectivity index (χ4v) is 2.14. The second-order valence-corrected chi connectivity index (χ2v) is 4.39. The third kappa shape index (κ3) is 2.10. The Morgan fingerprint density at radius 2 is 2.11 bits per heavy atom. The number of nitrogens with zero attached hydrogens (tertiary/aromatic N) is 4. The number of rotatable bonds is 3. The molecule has 6 nitrogen and oxygen atoms in total. The Morgan fingerprint density at radius 1 is 1.32 bits per heavy atom. The van der Waals surface area contributed by atoms with Crippen LogP contribution in [0.1, 0.15) is 11.5 Å². The fraction of sp³-hybridized carbons (Fsp3) is 0.308. The van der Waals surface area contributed by atoms with Crippen molar-refractivity contribution < 1.29 is 4.52 Å². The van der Waals surface area contributed by atoms with Crippen molar-refractivity contribution in [1.29, 1.82) is 0 Å². The number of nitrogens with two attached hydrogens (primary N) is 1. The van der Waals surface area contributed by atoms with Crippen molar-refractivity contribution in [2.75, 3.05) is 20.1 Å². The average Bonchev–Trinajstić information content (AvgIpc) is 3.07. The monoisotopic (exact) mass is 257 g/mol. The maximum Gasteiger partial charge on any atom is 0.240 e. The number of likely N-dealkylation sites (N-methyl/N-ethyl adjacent to an activating group) is 1. The van der Waals surface area contributed by atoms with Gasteiger partial charge in [0.1, 0.15) is 5.84 Å². The lowest BCUT2D eigenvalue weighted by molar-refractivity contribution is 0.380. The quantitative estimate of drug-likeness (QED) is 0.883. The van der Waals surface area contributed by atoms with Gasteiger partial charge in [0.2, 0.25) is 11.7 Å². The number of hydrogen-bond acceptors (Lipinski definition) is 6. The Labute approximate surface area is 110 Å². The Balaban J connectivity index is 2.07. The number of amidine groups is 1. The van der Waals surface area contributed by atoms with Crippen LogP contribution in [0.15, 0.2) is 33.8 Å². The molecule has 2 heterocycles. The molecule has 0 atom stereocenters. The first-order valence-corrected chi connectivity index (χ1v) is 6.17. The van der Waals surface area contributed by atoms with Gasteiger partial charge in [-0.1, -0.05) is 29.4 Å². The van der Waals surface area contributed by atoms with Gasteiger partial charge in [-0.15, -0.1) is 0 Å². The molecule has 2 N–H and O–H groups in total. The Hall–Kier alpha value is -2.21. The van der Waals surface area contributed by atoms with E-state index in [4.69, 9.17) is 10.3 Å². The van der Waals surface area contributed by atoms with Crippen molar-refractivity contribution in [3.05, 3.63) is 35.7 Å². The lowest BCUT2D eigenvalue weighted by Gasteiger charge is -2.15. The topological polar surface area (TPSA) is 80.5 Å². The molecule has 0 saturated heterocycles. The number of hydrogen-bond donors (Lipinski definition) is 1. The highest BCUT2D eigenvalue weighted by atomic mass is 16.5. The molecule has 0 unspecified atom stereocenters. The molecule has 2 aromatic rings. The predicted molar refractivity (Wildman–Crippen MR) is 71.7 cm³/mol. The van der Waals surface area contributed by atoms with Crippen LogP contribution in [0.4, 0.5) is 0 Å². The van der Waals surface area contributed by atoms with E-state index in [1.807, 2.05) is 31.3 Å². The summed E-state index contributed by atoms with van der Waals surface area (Å²) in [6, 6.07) is 7.92. The van der Waals surface area contributed by atoms with Crippen molar-refractivity contribution in [3.8, 4) is 11.4 Å². The van der Waals surface area contributed by atoms with Gasteiger partial charge in [0.05, 0.1) is 13.1 Å². The van der Waals surface area contributed by atoms with Gasteiger partial charge < -0.3 is 15.2 Å². The molecule has 0 aliphatic carbocycles. The van der Waals surface area contributed by atoms with Crippen molar-refractivity contribution in [2.45, 2.75) is 6.54 Å². The van der Waals surface area contributed by atoms with E-state index < -0.39 is 0 Å². The van der Waals surface area contributed by atoms with Gasteiger partial charge >= 0.3 is 0 Å². The van der Waals surface area contributed by atoms with Gasteiger partial charge in [-0.25, -0.2) is 0 Å². The predicted octanol–water partition coefficient (Wildman–Crippen LogP) is 0.887. The molecule has 1 aliphatic rings. The van der Waals surface area contributed by atoms with E-state index in [0.717, 1.165) is 30.1 Å². The lowest BCUT2D eigenvalue weighted by atomic mass is 10.1. The molecule has 1 aliphatic heterocycles. The van der Waals surface area contributed by atoms with Crippen molar-refractivity contribution in [3.63, 3.8) is 0 Å². The number of aliphatic imine (C=N–C) groups is 1. The molecule has 0 saturated carbocycles. The summed E-state index contributed by atoms with van der Waals surface area (Å²) in [5.74, 6) is 1.96. The van der Waals surface area contributed by atoms with Crippen LogP contribution < -0.4 is 5.73 Å². The highest BCUT2D eigenvalue weighted by molar-refractivity contribution is 6.04. The van der Waals surface area contributed by atoms with E-state index in [-0.39, 0.29) is 6.54 Å². The molecule has 6 heteroatoms. The zero-order valence-corrected chi connectivity index (χ0v) is 10.7. The lowest BCUT2D eigenvalue weighted by Crippen LogP contribution is -2.24. The summed E-state index contributed by atoms with van der Waals surface area (Å²) in [6.45, 7) is 2.00. The van der Waals surface area contributed by atoms with Crippen LogP contribution in [-0.2, 0) is 6.54 Å². The number of benzene rings is 1. The zero-order valence-electron chi connectivity index (χ0n) is 10.7. The summed E-state index contributed by atoms with van der Waals surface area (Å²) in [5, 5.41) is 3.97. The summed E-state index contributed by atoms with van der Waals surface area (Å²) >= 11 is 0. The van der Waals surface area contributed by atoms with Gasteiger partial charge in [0, 0.05) is 24.7 Å². The largest absolute Gasteiger partial charge is 0.358 e. The third-order valence-electron chi connectivity index (χ3n) is 3.11. The van der Waals surface area contributed by atoms with E-state index in [9.17, 15) is 0 Å². The van der Waals surface area contributed by atoms with Crippen LogP contribution in [0.2, 0.25) is 0 Å². The zero-order chi connectivity index (χ0) is 13.2. The summed E-state index contributed by atoms with van der Waals surface area (Å²) in [7, 11) is 2.03. The van der Waals surface area contributed by atoms with Gasteiger partial charge in [-0.05, 0) is 0 Å². The minimum absolute atomic E-state index is 0.246. The average molecular weight is 257 g/mol. The van der Waals surface area contributed by atoms with Gasteiger partial charge in [0.25, 0.3) is 0 Å². The SMILES string of the molecule is CN1CCN=C1c1ccccc1-c1noc(CN)n1. The van der Waals surface area contributed by atoms with Gasteiger partial charge in [-0.2, -0.15) is 4.98 Å². The third-order valence-corrected chi connectivity index (χ3v) is 3.11. The summed E-state index contributed by atoms with van der Waals surface area (Å²) in [5.41, 5.74) is 7.43. The van der Waals surface area contributed by atoms with Crippen molar-refractivity contribution >= 4 is 5.84 Å². The molecule has 0 spiro atoms. The molecule has 1 aromatic carbocycles. The molecule has 3 rings (SSSR count). The molecule has 1 aromatic heterocycles. The van der Waals surface area contributed by atoms with Crippen molar-refractivity contribution in [1.82, 2.24) is 15.0 Å². The highest BCUT2D eigenvalue weighted by Crippen LogP contribution is 2.23. The summed E-state index contributed by atoms with van der Waals surface area (Å²) in [4.78, 5) is 10.9. The van der Waals surface area contributed by atoms with Crippen molar-refractivity contribution in [2.24, 2.45) is 10.7 Å². The molecular formula is C13H15N5O. The molecule has 0 amide bonds. The smallest absolute Gasteiger partial charge is 0.240 e. The van der Waals surface area contributed by atoms with Crippen LogP contribution in [0.5, 0.6) is 0 Å². The minimum atomic E-state index is 0.246. The molecule has 0 radical (unpaired) electrons. The van der Waals surface area contributed by atoms with E-state index >= 15 is 0 Å². The molecule has 0 fully saturated rings. The molecule has 0 bridgehead atoms. The number of aromatic nitrogens is 2. The standard InChI is InChI=1S/C13H15N5O/c1-18-7-6-15-13(18)10-5-3-2-4-9(10)12-16-11(8-14)19-17-12/h2-5H,6-8,14H2,1H3. The molecule has 19 heavy (non-hydrogen) atoms. The second-order valence-electron chi connectivity index (χ2n) is 4.39.